The van der Waals surface area contributed by atoms with Gasteiger partial charge in [-0.15, -0.1) is 11.3 Å². The van der Waals surface area contributed by atoms with Crippen LogP contribution in [0, 0.1) is 23.2 Å². The highest BCUT2D eigenvalue weighted by molar-refractivity contribution is 7.17. The lowest BCUT2D eigenvalue weighted by Gasteiger charge is -2.23. The maximum absolute atomic E-state index is 9.18. The average molecular weight is 258 g/mol. The van der Waals surface area contributed by atoms with Crippen molar-refractivity contribution in [2.24, 2.45) is 11.8 Å². The average Bonchev–Trinajstić information content (AvgIpc) is 2.79. The first-order valence-electron chi connectivity index (χ1n) is 6.20. The molecule has 1 atom stereocenters. The first kappa shape index (κ1) is 12.9. The van der Waals surface area contributed by atoms with Gasteiger partial charge in [0.25, 0.3) is 0 Å². The van der Waals surface area contributed by atoms with Crippen LogP contribution >= 0.6 is 11.3 Å². The summed E-state index contributed by atoms with van der Waals surface area (Å²) in [4.78, 5) is 2.20. The Bertz CT molecular complexity index is 565. The van der Waals surface area contributed by atoms with Crippen molar-refractivity contribution >= 4 is 27.1 Å². The number of nitrogens with zero attached hydrogens (tertiary/aromatic N) is 2. The van der Waals surface area contributed by atoms with E-state index >= 15 is 0 Å². The zero-order valence-corrected chi connectivity index (χ0v) is 11.9. The quantitative estimate of drug-likeness (QED) is 0.824. The molecule has 18 heavy (non-hydrogen) atoms. The fourth-order valence-corrected chi connectivity index (χ4v) is 3.06. The second kappa shape index (κ2) is 5.41. The molecule has 0 saturated carbocycles. The molecule has 0 aliphatic heterocycles. The fourth-order valence-electron chi connectivity index (χ4n) is 2.05. The zero-order valence-electron chi connectivity index (χ0n) is 11.1. The minimum absolute atomic E-state index is 0.0775. The summed E-state index contributed by atoms with van der Waals surface area (Å²) >= 11 is 1.76. The molecule has 0 fully saturated rings. The summed E-state index contributed by atoms with van der Waals surface area (Å²) in [6.07, 6.45) is 0. The van der Waals surface area contributed by atoms with Crippen molar-refractivity contribution in [3.8, 4) is 6.07 Å². The molecule has 0 saturated heterocycles. The molecule has 2 rings (SSSR count). The van der Waals surface area contributed by atoms with Gasteiger partial charge in [-0.05, 0) is 12.0 Å². The van der Waals surface area contributed by atoms with Gasteiger partial charge in [-0.2, -0.15) is 5.26 Å². The Hall–Kier alpha value is -1.53. The normalized spacial score (nSPS) is 12.6. The molecule has 1 unspecified atom stereocenters. The van der Waals surface area contributed by atoms with Crippen LogP contribution in [0.4, 0.5) is 5.69 Å². The van der Waals surface area contributed by atoms with Crippen molar-refractivity contribution in [1.29, 1.82) is 5.26 Å². The Balaban J connectivity index is 2.24. The molecule has 3 heteroatoms. The molecule has 1 aromatic heterocycles. The Morgan fingerprint density at radius 3 is 2.72 bits per heavy atom. The highest BCUT2D eigenvalue weighted by Gasteiger charge is 2.16. The van der Waals surface area contributed by atoms with E-state index in [9.17, 15) is 5.26 Å². The van der Waals surface area contributed by atoms with Crippen LogP contribution in [0.3, 0.4) is 0 Å². The first-order valence-corrected chi connectivity index (χ1v) is 7.08. The predicted octanol–water partition coefficient (Wildman–Crippen LogP) is 4.13. The van der Waals surface area contributed by atoms with Gasteiger partial charge in [0, 0.05) is 29.1 Å². The number of fused-ring (bicyclic) bond motifs is 1. The van der Waals surface area contributed by atoms with Gasteiger partial charge < -0.3 is 4.90 Å². The Morgan fingerprint density at radius 1 is 1.33 bits per heavy atom. The van der Waals surface area contributed by atoms with Gasteiger partial charge in [0.1, 0.15) is 0 Å². The van der Waals surface area contributed by atoms with Crippen molar-refractivity contribution in [3.05, 3.63) is 29.6 Å². The minimum Gasteiger partial charge on any atom is -0.372 e. The van der Waals surface area contributed by atoms with Crippen molar-refractivity contribution in [2.75, 3.05) is 18.5 Å². The summed E-state index contributed by atoms with van der Waals surface area (Å²) < 4.78 is 1.30. The maximum Gasteiger partial charge on any atom is 0.0677 e. The standard InChI is InChI=1S/C15H18N2S/c1-11(2)12(8-16)9-17(3)14-10-18-15-7-5-4-6-13(14)15/h4-7,10-12H,9H2,1-3H3. The van der Waals surface area contributed by atoms with Gasteiger partial charge in [0.15, 0.2) is 0 Å². The molecule has 2 nitrogen and oxygen atoms in total. The number of anilines is 1. The third-order valence-corrected chi connectivity index (χ3v) is 4.26. The van der Waals surface area contributed by atoms with Gasteiger partial charge in [-0.3, -0.25) is 0 Å². The van der Waals surface area contributed by atoms with Crippen molar-refractivity contribution in [2.45, 2.75) is 13.8 Å². The van der Waals surface area contributed by atoms with Crippen LogP contribution in [-0.4, -0.2) is 13.6 Å². The Morgan fingerprint density at radius 2 is 2.06 bits per heavy atom. The predicted molar refractivity (Wildman–Crippen MR) is 79.0 cm³/mol. The number of hydrogen-bond donors (Lipinski definition) is 0. The van der Waals surface area contributed by atoms with Gasteiger partial charge in [0.2, 0.25) is 0 Å². The molecule has 0 amide bonds. The SMILES string of the molecule is CC(C)C(C#N)CN(C)c1csc2ccccc12. The molecule has 0 radical (unpaired) electrons. The summed E-state index contributed by atoms with van der Waals surface area (Å²) in [6.45, 7) is 5.00. The highest BCUT2D eigenvalue weighted by Crippen LogP contribution is 2.32. The number of hydrogen-bond acceptors (Lipinski definition) is 3. The smallest absolute Gasteiger partial charge is 0.0677 e. The molecule has 0 bridgehead atoms. The van der Waals surface area contributed by atoms with Crippen LogP contribution in [-0.2, 0) is 0 Å². The summed E-state index contributed by atoms with van der Waals surface area (Å²) in [5.74, 6) is 0.469. The van der Waals surface area contributed by atoms with Gasteiger partial charge in [-0.25, -0.2) is 0 Å². The number of nitriles is 1. The fraction of sp³-hybridized carbons (Fsp3) is 0.400. The minimum atomic E-state index is 0.0775. The van der Waals surface area contributed by atoms with Crippen molar-refractivity contribution < 1.29 is 0 Å². The third-order valence-electron chi connectivity index (χ3n) is 3.31. The highest BCUT2D eigenvalue weighted by atomic mass is 32.1. The van der Waals surface area contributed by atoms with E-state index in [1.165, 1.54) is 15.8 Å². The van der Waals surface area contributed by atoms with E-state index in [1.807, 2.05) is 0 Å². The maximum atomic E-state index is 9.18. The topological polar surface area (TPSA) is 27.0 Å². The van der Waals surface area contributed by atoms with E-state index in [0.29, 0.717) is 5.92 Å². The van der Waals surface area contributed by atoms with Gasteiger partial charge >= 0.3 is 0 Å². The van der Waals surface area contributed by atoms with E-state index in [1.54, 1.807) is 11.3 Å². The van der Waals surface area contributed by atoms with E-state index < -0.39 is 0 Å². The zero-order chi connectivity index (χ0) is 13.1. The molecule has 1 heterocycles. The molecule has 94 valence electrons. The molecular weight excluding hydrogens is 240 g/mol. The van der Waals surface area contributed by atoms with E-state index in [2.05, 4.69) is 61.5 Å². The number of benzene rings is 1. The molecule has 2 aromatic rings. The lowest BCUT2D eigenvalue weighted by Crippen LogP contribution is -2.27. The lowest BCUT2D eigenvalue weighted by molar-refractivity contribution is 0.478. The Labute approximate surface area is 112 Å². The van der Waals surface area contributed by atoms with E-state index in [-0.39, 0.29) is 5.92 Å². The van der Waals surface area contributed by atoms with E-state index in [4.69, 9.17) is 0 Å². The molecule has 0 aliphatic carbocycles. The molecule has 0 spiro atoms. The van der Waals surface area contributed by atoms with Crippen LogP contribution in [0.5, 0.6) is 0 Å². The summed E-state index contributed by atoms with van der Waals surface area (Å²) in [5, 5.41) is 12.6. The second-order valence-corrected chi connectivity index (χ2v) is 5.89. The molecular formula is C15H18N2S. The van der Waals surface area contributed by atoms with Crippen molar-refractivity contribution in [1.82, 2.24) is 0 Å². The first-order chi connectivity index (χ1) is 8.63. The van der Waals surface area contributed by atoms with Crippen LogP contribution < -0.4 is 4.90 Å². The van der Waals surface area contributed by atoms with Crippen LogP contribution in [0.1, 0.15) is 13.8 Å². The van der Waals surface area contributed by atoms with Gasteiger partial charge in [-0.1, -0.05) is 32.0 Å². The van der Waals surface area contributed by atoms with Gasteiger partial charge in [0.05, 0.1) is 17.7 Å². The number of thiophene rings is 1. The largest absolute Gasteiger partial charge is 0.372 e. The van der Waals surface area contributed by atoms with Crippen molar-refractivity contribution in [3.63, 3.8) is 0 Å². The van der Waals surface area contributed by atoms with Crippen LogP contribution in [0.25, 0.3) is 10.1 Å². The summed E-state index contributed by atoms with van der Waals surface area (Å²) in [5.41, 5.74) is 1.23. The van der Waals surface area contributed by atoms with Crippen LogP contribution in [0.2, 0.25) is 0 Å². The summed E-state index contributed by atoms with van der Waals surface area (Å²) in [7, 11) is 2.07. The van der Waals surface area contributed by atoms with E-state index in [0.717, 1.165) is 6.54 Å². The lowest BCUT2D eigenvalue weighted by atomic mass is 9.97. The molecule has 0 N–H and O–H groups in total. The molecule has 0 aliphatic rings. The number of rotatable bonds is 4. The molecule has 1 aromatic carbocycles. The Kier molecular flexibility index (Phi) is 3.88. The summed E-state index contributed by atoms with van der Waals surface area (Å²) in [6, 6.07) is 10.8. The second-order valence-electron chi connectivity index (χ2n) is 4.98. The monoisotopic (exact) mass is 258 g/mol. The third kappa shape index (κ3) is 2.49. The van der Waals surface area contributed by atoms with Crippen LogP contribution in [0.15, 0.2) is 29.6 Å².